The van der Waals surface area contributed by atoms with Crippen molar-refractivity contribution in [2.45, 2.75) is 58.3 Å². The fourth-order valence-electron chi connectivity index (χ4n) is 3.25. The van der Waals surface area contributed by atoms with Crippen molar-refractivity contribution in [2.24, 2.45) is 11.3 Å². The van der Waals surface area contributed by atoms with Crippen molar-refractivity contribution < 1.29 is 4.79 Å². The van der Waals surface area contributed by atoms with Crippen LogP contribution in [-0.4, -0.2) is 5.78 Å². The van der Waals surface area contributed by atoms with E-state index in [2.05, 4.69) is 6.92 Å². The van der Waals surface area contributed by atoms with E-state index in [4.69, 9.17) is 0 Å². The quantitative estimate of drug-likeness (QED) is 0.559. The zero-order chi connectivity index (χ0) is 9.31. The van der Waals surface area contributed by atoms with Gasteiger partial charge in [-0.15, -0.1) is 0 Å². The molecule has 2 saturated carbocycles. The van der Waals surface area contributed by atoms with Gasteiger partial charge in [0.1, 0.15) is 5.78 Å². The van der Waals surface area contributed by atoms with Crippen molar-refractivity contribution in [3.05, 3.63) is 0 Å². The van der Waals surface area contributed by atoms with Gasteiger partial charge in [-0.05, 0) is 30.6 Å². The third kappa shape index (κ3) is 1.79. The first-order valence-corrected chi connectivity index (χ1v) is 5.72. The van der Waals surface area contributed by atoms with Gasteiger partial charge in [0.15, 0.2) is 0 Å². The average Bonchev–Trinajstić information content (AvgIpc) is 2.24. The standard InChI is InChI=1S/C12H20O/c1-12-8-4-2-3-5-10(12)6-7-11(13)9-12/h10H,2-9H2,1H3/t10-,12-/m1/s1. The number of carbonyl (C=O) groups is 1. The Morgan fingerprint density at radius 2 is 2.08 bits per heavy atom. The number of rotatable bonds is 0. The summed E-state index contributed by atoms with van der Waals surface area (Å²) in [6, 6.07) is 0. The Kier molecular flexibility index (Phi) is 2.44. The van der Waals surface area contributed by atoms with Gasteiger partial charge >= 0.3 is 0 Å². The number of hydrogen-bond donors (Lipinski definition) is 0. The van der Waals surface area contributed by atoms with Gasteiger partial charge in [0.05, 0.1) is 0 Å². The highest BCUT2D eigenvalue weighted by Crippen LogP contribution is 2.47. The van der Waals surface area contributed by atoms with Crippen LogP contribution in [0.15, 0.2) is 0 Å². The third-order valence-electron chi connectivity index (χ3n) is 4.16. The van der Waals surface area contributed by atoms with Crippen molar-refractivity contribution in [1.82, 2.24) is 0 Å². The highest BCUT2D eigenvalue weighted by Gasteiger charge is 2.39. The van der Waals surface area contributed by atoms with Gasteiger partial charge < -0.3 is 0 Å². The van der Waals surface area contributed by atoms with E-state index in [-0.39, 0.29) is 0 Å². The summed E-state index contributed by atoms with van der Waals surface area (Å²) in [5, 5.41) is 0. The molecule has 2 aliphatic rings. The Balaban J connectivity index is 2.13. The van der Waals surface area contributed by atoms with Gasteiger partial charge in [-0.1, -0.05) is 26.2 Å². The number of fused-ring (bicyclic) bond motifs is 1. The van der Waals surface area contributed by atoms with Crippen LogP contribution in [0.1, 0.15) is 58.3 Å². The molecule has 0 amide bonds. The molecule has 13 heavy (non-hydrogen) atoms. The molecule has 2 aliphatic carbocycles. The predicted molar refractivity (Wildman–Crippen MR) is 53.5 cm³/mol. The van der Waals surface area contributed by atoms with Crippen LogP contribution in [0, 0.1) is 11.3 Å². The molecule has 2 fully saturated rings. The van der Waals surface area contributed by atoms with Crippen molar-refractivity contribution in [1.29, 1.82) is 0 Å². The highest BCUT2D eigenvalue weighted by atomic mass is 16.1. The second-order valence-corrected chi connectivity index (χ2v) is 5.20. The van der Waals surface area contributed by atoms with Crippen LogP contribution >= 0.6 is 0 Å². The first kappa shape index (κ1) is 9.23. The van der Waals surface area contributed by atoms with E-state index in [9.17, 15) is 4.79 Å². The Morgan fingerprint density at radius 1 is 1.23 bits per heavy atom. The second kappa shape index (κ2) is 3.43. The lowest BCUT2D eigenvalue weighted by atomic mass is 9.65. The van der Waals surface area contributed by atoms with Crippen LogP contribution in [0.4, 0.5) is 0 Å². The SMILES string of the molecule is C[C@]12CCCCC[C@@H]1CCC(=O)C2. The third-order valence-corrected chi connectivity index (χ3v) is 4.16. The van der Waals surface area contributed by atoms with E-state index in [0.717, 1.165) is 18.8 Å². The summed E-state index contributed by atoms with van der Waals surface area (Å²) in [6.45, 7) is 2.35. The van der Waals surface area contributed by atoms with E-state index in [1.807, 2.05) is 0 Å². The summed E-state index contributed by atoms with van der Waals surface area (Å²) in [4.78, 5) is 11.4. The molecule has 1 nitrogen and oxygen atoms in total. The molecule has 0 unspecified atom stereocenters. The Labute approximate surface area is 80.9 Å². The maximum absolute atomic E-state index is 11.4. The minimum atomic E-state index is 0.381. The number of Topliss-reactive ketones (excluding diaryl/α,β-unsaturated/α-hetero) is 1. The fraction of sp³-hybridized carbons (Fsp3) is 0.917. The van der Waals surface area contributed by atoms with Crippen LogP contribution in [0.25, 0.3) is 0 Å². The summed E-state index contributed by atoms with van der Waals surface area (Å²) >= 11 is 0. The van der Waals surface area contributed by atoms with E-state index in [1.54, 1.807) is 0 Å². The monoisotopic (exact) mass is 180 g/mol. The molecule has 74 valence electrons. The largest absolute Gasteiger partial charge is 0.300 e. The predicted octanol–water partition coefficient (Wildman–Crippen LogP) is 3.33. The summed E-state index contributed by atoms with van der Waals surface area (Å²) < 4.78 is 0. The molecule has 0 radical (unpaired) electrons. The van der Waals surface area contributed by atoms with E-state index in [0.29, 0.717) is 11.2 Å². The summed E-state index contributed by atoms with van der Waals surface area (Å²) in [5.41, 5.74) is 0.381. The van der Waals surface area contributed by atoms with Gasteiger partial charge in [0.25, 0.3) is 0 Å². The lowest BCUT2D eigenvalue weighted by Gasteiger charge is -2.39. The smallest absolute Gasteiger partial charge is 0.133 e. The van der Waals surface area contributed by atoms with Crippen LogP contribution in [0.2, 0.25) is 0 Å². The molecule has 0 aromatic rings. The molecule has 0 spiro atoms. The van der Waals surface area contributed by atoms with Gasteiger partial charge in [-0.3, -0.25) is 4.79 Å². The molecule has 0 aliphatic heterocycles. The summed E-state index contributed by atoms with van der Waals surface area (Å²) in [7, 11) is 0. The van der Waals surface area contributed by atoms with Crippen LogP contribution in [-0.2, 0) is 4.79 Å². The second-order valence-electron chi connectivity index (χ2n) is 5.20. The summed E-state index contributed by atoms with van der Waals surface area (Å²) in [6.07, 6.45) is 9.72. The lowest BCUT2D eigenvalue weighted by molar-refractivity contribution is -0.125. The first-order chi connectivity index (χ1) is 6.21. The van der Waals surface area contributed by atoms with E-state index < -0.39 is 0 Å². The molecule has 1 heteroatoms. The minimum Gasteiger partial charge on any atom is -0.300 e. The van der Waals surface area contributed by atoms with Crippen LogP contribution < -0.4 is 0 Å². The minimum absolute atomic E-state index is 0.381. The van der Waals surface area contributed by atoms with E-state index in [1.165, 1.54) is 38.5 Å². The lowest BCUT2D eigenvalue weighted by Crippen LogP contribution is -2.34. The average molecular weight is 180 g/mol. The number of carbonyl (C=O) groups excluding carboxylic acids is 1. The molecule has 0 N–H and O–H groups in total. The zero-order valence-electron chi connectivity index (χ0n) is 8.64. The molecule has 0 bridgehead atoms. The van der Waals surface area contributed by atoms with Crippen molar-refractivity contribution in [3.8, 4) is 0 Å². The maximum atomic E-state index is 11.4. The highest BCUT2D eigenvalue weighted by molar-refractivity contribution is 5.80. The van der Waals surface area contributed by atoms with Crippen LogP contribution in [0.5, 0.6) is 0 Å². The normalized spacial score (nSPS) is 41.0. The molecule has 2 rings (SSSR count). The molecule has 2 atom stereocenters. The fourth-order valence-corrected chi connectivity index (χ4v) is 3.25. The molecule has 0 saturated heterocycles. The van der Waals surface area contributed by atoms with Crippen molar-refractivity contribution >= 4 is 5.78 Å². The molecular formula is C12H20O. The number of hydrogen-bond acceptors (Lipinski definition) is 1. The Hall–Kier alpha value is -0.330. The van der Waals surface area contributed by atoms with Crippen LogP contribution in [0.3, 0.4) is 0 Å². The molecular weight excluding hydrogens is 160 g/mol. The van der Waals surface area contributed by atoms with Crippen molar-refractivity contribution in [3.63, 3.8) is 0 Å². The zero-order valence-corrected chi connectivity index (χ0v) is 8.64. The summed E-state index contributed by atoms with van der Waals surface area (Å²) in [5.74, 6) is 1.37. The first-order valence-electron chi connectivity index (χ1n) is 5.72. The molecule has 0 heterocycles. The van der Waals surface area contributed by atoms with Crippen molar-refractivity contribution in [2.75, 3.05) is 0 Å². The maximum Gasteiger partial charge on any atom is 0.133 e. The Bertz CT molecular complexity index is 209. The molecule has 0 aromatic heterocycles. The van der Waals surface area contributed by atoms with Gasteiger partial charge in [-0.2, -0.15) is 0 Å². The van der Waals surface area contributed by atoms with E-state index >= 15 is 0 Å². The van der Waals surface area contributed by atoms with Gasteiger partial charge in [-0.25, -0.2) is 0 Å². The van der Waals surface area contributed by atoms with Gasteiger partial charge in [0, 0.05) is 12.8 Å². The topological polar surface area (TPSA) is 17.1 Å². The Morgan fingerprint density at radius 3 is 2.92 bits per heavy atom. The molecule has 0 aromatic carbocycles. The van der Waals surface area contributed by atoms with Gasteiger partial charge in [0.2, 0.25) is 0 Å². The number of ketones is 1.